The van der Waals surface area contributed by atoms with E-state index in [1.165, 1.54) is 12.8 Å². The molecule has 1 aliphatic rings. The fourth-order valence-electron chi connectivity index (χ4n) is 3.22. The van der Waals surface area contributed by atoms with E-state index in [9.17, 15) is 4.79 Å². The second-order valence-corrected chi connectivity index (χ2v) is 6.59. The number of hydrogen-bond donors (Lipinski definition) is 2. The predicted octanol–water partition coefficient (Wildman–Crippen LogP) is 2.73. The summed E-state index contributed by atoms with van der Waals surface area (Å²) in [5, 5.41) is 10.6. The molecule has 0 amide bonds. The molecule has 0 aliphatic heterocycles. The van der Waals surface area contributed by atoms with Crippen molar-refractivity contribution in [2.24, 2.45) is 4.99 Å². The summed E-state index contributed by atoms with van der Waals surface area (Å²) in [6, 6.07) is 0. The second-order valence-electron chi connectivity index (χ2n) is 6.59. The number of aromatic nitrogens is 1. The summed E-state index contributed by atoms with van der Waals surface area (Å²) in [7, 11) is 1.73. The maximum Gasteiger partial charge on any atom is 0.306 e. The molecule has 7 heteroatoms. The van der Waals surface area contributed by atoms with Gasteiger partial charge < -0.3 is 19.9 Å². The Labute approximate surface area is 156 Å². The Balaban J connectivity index is 1.68. The molecule has 1 saturated carbocycles. The summed E-state index contributed by atoms with van der Waals surface area (Å²) in [6.07, 6.45) is 7.35. The van der Waals surface area contributed by atoms with Crippen LogP contribution >= 0.6 is 0 Å². The summed E-state index contributed by atoms with van der Waals surface area (Å²) in [5.74, 6) is 1.53. The molecule has 0 aromatic carbocycles. The van der Waals surface area contributed by atoms with Gasteiger partial charge in [-0.25, -0.2) is 0 Å². The molecule has 2 rings (SSSR count). The van der Waals surface area contributed by atoms with Crippen molar-refractivity contribution < 1.29 is 14.1 Å². The highest BCUT2D eigenvalue weighted by molar-refractivity contribution is 5.79. The molecular formula is C19H32N4O3. The topological polar surface area (TPSA) is 88.8 Å². The maximum atomic E-state index is 11.8. The number of guanidine groups is 1. The minimum absolute atomic E-state index is 0.0914. The van der Waals surface area contributed by atoms with E-state index in [0.29, 0.717) is 25.5 Å². The number of carbonyl (C=O) groups is 1. The number of ether oxygens (including phenoxy) is 1. The average molecular weight is 364 g/mol. The summed E-state index contributed by atoms with van der Waals surface area (Å²) < 4.78 is 10.8. The molecule has 26 heavy (non-hydrogen) atoms. The van der Waals surface area contributed by atoms with Gasteiger partial charge in [-0.05, 0) is 38.5 Å². The lowest BCUT2D eigenvalue weighted by molar-refractivity contribution is -0.148. The summed E-state index contributed by atoms with van der Waals surface area (Å²) in [6.45, 7) is 5.42. The van der Waals surface area contributed by atoms with Gasteiger partial charge in [-0.2, -0.15) is 0 Å². The molecule has 1 aliphatic carbocycles. The van der Waals surface area contributed by atoms with E-state index >= 15 is 0 Å². The Morgan fingerprint density at radius 1 is 1.27 bits per heavy atom. The van der Waals surface area contributed by atoms with Crippen LogP contribution in [0.4, 0.5) is 0 Å². The molecule has 1 heterocycles. The van der Waals surface area contributed by atoms with Crippen LogP contribution in [0.25, 0.3) is 0 Å². The van der Waals surface area contributed by atoms with Crippen molar-refractivity contribution >= 4 is 11.9 Å². The van der Waals surface area contributed by atoms with E-state index in [4.69, 9.17) is 9.26 Å². The van der Waals surface area contributed by atoms with Crippen LogP contribution in [0.15, 0.2) is 9.52 Å². The maximum absolute atomic E-state index is 11.8. The van der Waals surface area contributed by atoms with Gasteiger partial charge in [0.05, 0.1) is 5.69 Å². The quantitative estimate of drug-likeness (QED) is 0.303. The van der Waals surface area contributed by atoms with Gasteiger partial charge in [-0.1, -0.05) is 19.0 Å². The van der Waals surface area contributed by atoms with Crippen LogP contribution in [0.1, 0.15) is 69.4 Å². The molecule has 0 bridgehead atoms. The molecule has 0 saturated heterocycles. The Kier molecular flexibility index (Phi) is 8.44. The van der Waals surface area contributed by atoms with Crippen molar-refractivity contribution in [3.63, 3.8) is 0 Å². The lowest BCUT2D eigenvalue weighted by atomic mass is 10.1. The predicted molar refractivity (Wildman–Crippen MR) is 101 cm³/mol. The average Bonchev–Trinajstić information content (AvgIpc) is 3.30. The molecule has 1 aromatic heterocycles. The van der Waals surface area contributed by atoms with Crippen LogP contribution in [0, 0.1) is 0 Å². The third-order valence-corrected chi connectivity index (χ3v) is 4.71. The van der Waals surface area contributed by atoms with Crippen molar-refractivity contribution in [1.82, 2.24) is 15.8 Å². The van der Waals surface area contributed by atoms with Gasteiger partial charge >= 0.3 is 5.97 Å². The van der Waals surface area contributed by atoms with Crippen molar-refractivity contribution in [3.05, 3.63) is 17.0 Å². The zero-order valence-electron chi connectivity index (χ0n) is 16.3. The number of nitrogens with one attached hydrogen (secondary N) is 2. The number of aliphatic imine (C=N–C) groups is 1. The van der Waals surface area contributed by atoms with Gasteiger partial charge in [-0.15, -0.1) is 0 Å². The number of aryl methyl sites for hydroxylation is 2. The summed E-state index contributed by atoms with van der Waals surface area (Å²) in [5.41, 5.74) is 2.09. The van der Waals surface area contributed by atoms with Gasteiger partial charge in [0.2, 0.25) is 0 Å². The molecular weight excluding hydrogens is 332 g/mol. The van der Waals surface area contributed by atoms with E-state index in [1.807, 2.05) is 0 Å². The SMILES string of the molecule is CCc1noc(CC)c1CNC(=NC)NCCCC(=O)OC1CCCC1. The van der Waals surface area contributed by atoms with Crippen LogP contribution in [0.3, 0.4) is 0 Å². The van der Waals surface area contributed by atoms with E-state index in [-0.39, 0.29) is 12.1 Å². The smallest absolute Gasteiger partial charge is 0.306 e. The van der Waals surface area contributed by atoms with Gasteiger partial charge in [0.15, 0.2) is 5.96 Å². The van der Waals surface area contributed by atoms with Crippen molar-refractivity contribution in [2.45, 2.75) is 77.9 Å². The zero-order valence-corrected chi connectivity index (χ0v) is 16.3. The highest BCUT2D eigenvalue weighted by Gasteiger charge is 2.18. The minimum Gasteiger partial charge on any atom is -0.462 e. The molecule has 0 spiro atoms. The lowest BCUT2D eigenvalue weighted by Gasteiger charge is -2.13. The van der Waals surface area contributed by atoms with Gasteiger partial charge in [0, 0.05) is 38.5 Å². The van der Waals surface area contributed by atoms with Crippen LogP contribution in [-0.2, 0) is 28.9 Å². The van der Waals surface area contributed by atoms with E-state index in [2.05, 4.69) is 34.6 Å². The first kappa shape index (κ1) is 20.3. The highest BCUT2D eigenvalue weighted by atomic mass is 16.5. The summed E-state index contributed by atoms with van der Waals surface area (Å²) >= 11 is 0. The Morgan fingerprint density at radius 2 is 2.04 bits per heavy atom. The monoisotopic (exact) mass is 364 g/mol. The molecule has 0 radical (unpaired) electrons. The number of rotatable bonds is 9. The van der Waals surface area contributed by atoms with E-state index in [0.717, 1.165) is 49.1 Å². The van der Waals surface area contributed by atoms with Crippen molar-refractivity contribution in [1.29, 1.82) is 0 Å². The Bertz CT molecular complexity index is 570. The summed E-state index contributed by atoms with van der Waals surface area (Å²) in [4.78, 5) is 16.0. The Hall–Kier alpha value is -2.05. The molecule has 1 fully saturated rings. The van der Waals surface area contributed by atoms with Crippen LogP contribution in [0.5, 0.6) is 0 Å². The van der Waals surface area contributed by atoms with Crippen LogP contribution < -0.4 is 10.6 Å². The fraction of sp³-hybridized carbons (Fsp3) is 0.737. The molecule has 146 valence electrons. The normalized spacial score (nSPS) is 15.3. The first-order valence-electron chi connectivity index (χ1n) is 9.78. The van der Waals surface area contributed by atoms with Crippen molar-refractivity contribution in [2.75, 3.05) is 13.6 Å². The van der Waals surface area contributed by atoms with Gasteiger partial charge in [0.25, 0.3) is 0 Å². The number of hydrogen-bond acceptors (Lipinski definition) is 5. The van der Waals surface area contributed by atoms with E-state index < -0.39 is 0 Å². The van der Waals surface area contributed by atoms with Gasteiger partial charge in [-0.3, -0.25) is 9.79 Å². The molecule has 0 atom stereocenters. The molecule has 0 unspecified atom stereocenters. The second kappa shape index (κ2) is 10.8. The first-order valence-corrected chi connectivity index (χ1v) is 9.78. The van der Waals surface area contributed by atoms with Crippen molar-refractivity contribution in [3.8, 4) is 0 Å². The Morgan fingerprint density at radius 3 is 2.69 bits per heavy atom. The first-order chi connectivity index (χ1) is 12.7. The number of esters is 1. The van der Waals surface area contributed by atoms with Crippen LogP contribution in [0.2, 0.25) is 0 Å². The van der Waals surface area contributed by atoms with Crippen LogP contribution in [-0.4, -0.2) is 36.8 Å². The zero-order chi connectivity index (χ0) is 18.8. The highest BCUT2D eigenvalue weighted by Crippen LogP contribution is 2.21. The number of nitrogens with zero attached hydrogens (tertiary/aromatic N) is 2. The van der Waals surface area contributed by atoms with E-state index in [1.54, 1.807) is 7.05 Å². The standard InChI is InChI=1S/C19H32N4O3/c1-4-16-15(17(5-2)26-23-16)13-22-19(20-3)21-12-8-11-18(24)25-14-9-6-7-10-14/h14H,4-13H2,1-3H3,(H2,20,21,22). The third kappa shape index (κ3) is 6.04. The fourth-order valence-corrected chi connectivity index (χ4v) is 3.22. The molecule has 1 aromatic rings. The number of carbonyl (C=O) groups excluding carboxylic acids is 1. The van der Waals surface area contributed by atoms with Gasteiger partial charge in [0.1, 0.15) is 11.9 Å². The molecule has 2 N–H and O–H groups in total. The minimum atomic E-state index is -0.0914. The molecule has 7 nitrogen and oxygen atoms in total. The third-order valence-electron chi connectivity index (χ3n) is 4.71. The largest absolute Gasteiger partial charge is 0.462 e. The lowest BCUT2D eigenvalue weighted by Crippen LogP contribution is -2.37.